The van der Waals surface area contributed by atoms with Crippen LogP contribution in [0.15, 0.2) is 36.4 Å². The van der Waals surface area contributed by atoms with Crippen LogP contribution < -0.4 is 15.0 Å². The second kappa shape index (κ2) is 11.6. The molecule has 2 heterocycles. The minimum atomic E-state index is -0.779. The summed E-state index contributed by atoms with van der Waals surface area (Å²) in [5, 5.41) is 12.9. The molecule has 1 aliphatic heterocycles. The lowest BCUT2D eigenvalue weighted by atomic mass is 9.95. The molecule has 34 heavy (non-hydrogen) atoms. The Balaban J connectivity index is 1.55. The number of carbonyl (C=O) groups excluding carboxylic acids is 1. The molecule has 1 atom stereocenters. The molecule has 0 spiro atoms. The molecule has 2 aromatic rings. The zero-order valence-corrected chi connectivity index (χ0v) is 20.1. The molecule has 2 fully saturated rings. The average Bonchev–Trinajstić information content (AvgIpc) is 2.84. The van der Waals surface area contributed by atoms with Gasteiger partial charge < -0.3 is 20.1 Å². The molecule has 2 N–H and O–H groups in total. The zero-order valence-electron chi connectivity index (χ0n) is 19.3. The summed E-state index contributed by atoms with van der Waals surface area (Å²) >= 11 is 6.30. The van der Waals surface area contributed by atoms with Crippen molar-refractivity contribution in [1.82, 2.24) is 10.3 Å². The first kappa shape index (κ1) is 24.3. The fourth-order valence-corrected chi connectivity index (χ4v) is 5.04. The molecule has 1 aromatic heterocycles. The summed E-state index contributed by atoms with van der Waals surface area (Å²) in [7, 11) is 0. The molecule has 0 unspecified atom stereocenters. The molecular formula is C26H32ClN3O4. The number of ether oxygens (including phenoxy) is 1. The van der Waals surface area contributed by atoms with Crippen LogP contribution >= 0.6 is 11.6 Å². The first-order valence-corrected chi connectivity index (χ1v) is 12.5. The fourth-order valence-electron chi connectivity index (χ4n) is 4.85. The summed E-state index contributed by atoms with van der Waals surface area (Å²) < 4.78 is 6.06. The highest BCUT2D eigenvalue weighted by Crippen LogP contribution is 2.28. The van der Waals surface area contributed by atoms with Gasteiger partial charge in [0.15, 0.2) is 0 Å². The molecule has 1 aromatic carbocycles. The largest absolute Gasteiger partial charge is 0.481 e. The zero-order chi connectivity index (χ0) is 23.9. The number of aliphatic carboxylic acids is 1. The smallest absolute Gasteiger partial charge is 0.303 e. The Kier molecular flexibility index (Phi) is 8.27. The van der Waals surface area contributed by atoms with Gasteiger partial charge in [-0.3, -0.25) is 9.59 Å². The van der Waals surface area contributed by atoms with Crippen LogP contribution in [0.4, 0.5) is 5.82 Å². The van der Waals surface area contributed by atoms with Crippen molar-refractivity contribution in [1.29, 1.82) is 0 Å². The minimum absolute atomic E-state index is 0.0785. The average molecular weight is 486 g/mol. The normalized spacial score (nSPS) is 19.0. The SMILES string of the molecule is O=C(O)C[C@@H]1CCCN(c2ccc(C(=O)NC3CCCCC3)c(OCc3ccccc3Cl)n2)C1. The quantitative estimate of drug-likeness (QED) is 0.542. The van der Waals surface area contributed by atoms with Gasteiger partial charge in [-0.1, -0.05) is 49.1 Å². The van der Waals surface area contributed by atoms with Crippen molar-refractivity contribution >= 4 is 29.3 Å². The number of pyridine rings is 1. The predicted molar refractivity (Wildman–Crippen MR) is 132 cm³/mol. The molecule has 1 aliphatic carbocycles. The van der Waals surface area contributed by atoms with E-state index in [1.165, 1.54) is 6.42 Å². The molecule has 2 aliphatic rings. The van der Waals surface area contributed by atoms with E-state index in [-0.39, 0.29) is 36.8 Å². The van der Waals surface area contributed by atoms with Crippen LogP contribution in [0.1, 0.15) is 67.3 Å². The number of carboxylic acids is 1. The molecule has 7 nitrogen and oxygen atoms in total. The van der Waals surface area contributed by atoms with Gasteiger partial charge in [-0.15, -0.1) is 0 Å². The van der Waals surface area contributed by atoms with E-state index in [2.05, 4.69) is 10.2 Å². The molecule has 1 saturated carbocycles. The number of carboxylic acid groups (broad SMARTS) is 1. The minimum Gasteiger partial charge on any atom is -0.481 e. The van der Waals surface area contributed by atoms with Gasteiger partial charge in [0.05, 0.1) is 0 Å². The number of amides is 1. The van der Waals surface area contributed by atoms with E-state index in [0.717, 1.165) is 50.6 Å². The third kappa shape index (κ3) is 6.41. The monoisotopic (exact) mass is 485 g/mol. The van der Waals surface area contributed by atoms with Crippen LogP contribution in [0.25, 0.3) is 0 Å². The third-order valence-electron chi connectivity index (χ3n) is 6.66. The number of hydrogen-bond donors (Lipinski definition) is 2. The highest BCUT2D eigenvalue weighted by atomic mass is 35.5. The van der Waals surface area contributed by atoms with Crippen LogP contribution in [0.2, 0.25) is 5.02 Å². The number of piperidine rings is 1. The Labute approximate surface area is 205 Å². The van der Waals surface area contributed by atoms with E-state index < -0.39 is 5.97 Å². The Morgan fingerprint density at radius 2 is 1.88 bits per heavy atom. The van der Waals surface area contributed by atoms with Crippen LogP contribution in [0.5, 0.6) is 5.88 Å². The molecular weight excluding hydrogens is 454 g/mol. The summed E-state index contributed by atoms with van der Waals surface area (Å²) in [6.07, 6.45) is 7.40. The molecule has 0 bridgehead atoms. The number of anilines is 1. The van der Waals surface area contributed by atoms with Gasteiger partial charge in [0.2, 0.25) is 5.88 Å². The number of rotatable bonds is 8. The van der Waals surface area contributed by atoms with E-state index in [1.54, 1.807) is 12.1 Å². The third-order valence-corrected chi connectivity index (χ3v) is 7.03. The van der Waals surface area contributed by atoms with Crippen LogP contribution in [-0.4, -0.2) is 41.1 Å². The second-order valence-corrected chi connectivity index (χ2v) is 9.67. The first-order valence-electron chi connectivity index (χ1n) is 12.1. The molecule has 0 radical (unpaired) electrons. The van der Waals surface area contributed by atoms with Gasteiger partial charge in [-0.2, -0.15) is 4.98 Å². The van der Waals surface area contributed by atoms with E-state index in [4.69, 9.17) is 21.3 Å². The number of hydrogen-bond acceptors (Lipinski definition) is 5. The van der Waals surface area contributed by atoms with E-state index in [9.17, 15) is 14.7 Å². The number of benzene rings is 1. The van der Waals surface area contributed by atoms with Gasteiger partial charge in [0.25, 0.3) is 5.91 Å². The molecule has 8 heteroatoms. The number of aromatic nitrogens is 1. The lowest BCUT2D eigenvalue weighted by Crippen LogP contribution is -2.37. The van der Waals surface area contributed by atoms with Crippen molar-refractivity contribution in [3.63, 3.8) is 0 Å². The Morgan fingerprint density at radius 1 is 1.09 bits per heavy atom. The predicted octanol–water partition coefficient (Wildman–Crippen LogP) is 5.07. The van der Waals surface area contributed by atoms with Crippen molar-refractivity contribution in [2.75, 3.05) is 18.0 Å². The lowest BCUT2D eigenvalue weighted by Gasteiger charge is -2.33. The van der Waals surface area contributed by atoms with Crippen molar-refractivity contribution in [3.8, 4) is 5.88 Å². The van der Waals surface area contributed by atoms with Gasteiger partial charge in [0.1, 0.15) is 18.0 Å². The maximum Gasteiger partial charge on any atom is 0.303 e. The van der Waals surface area contributed by atoms with Crippen LogP contribution in [0, 0.1) is 5.92 Å². The Hall–Kier alpha value is -2.80. The summed E-state index contributed by atoms with van der Waals surface area (Å²) in [6.45, 7) is 1.61. The maximum absolute atomic E-state index is 13.1. The van der Waals surface area contributed by atoms with E-state index in [0.29, 0.717) is 22.9 Å². The second-order valence-electron chi connectivity index (χ2n) is 9.26. The lowest BCUT2D eigenvalue weighted by molar-refractivity contribution is -0.138. The van der Waals surface area contributed by atoms with E-state index >= 15 is 0 Å². The molecule has 182 valence electrons. The topological polar surface area (TPSA) is 91.8 Å². The summed E-state index contributed by atoms with van der Waals surface area (Å²) in [5.41, 5.74) is 1.22. The summed E-state index contributed by atoms with van der Waals surface area (Å²) in [6, 6.07) is 11.2. The standard InChI is InChI=1S/C26H32ClN3O4/c27-22-11-5-4-8-19(22)17-34-26-21(25(33)28-20-9-2-1-3-10-20)12-13-23(29-26)30-14-6-7-18(16-30)15-24(31)32/h4-5,8,11-13,18,20H,1-3,6-7,9-10,14-17H2,(H,28,33)(H,31,32)/t18-/m0/s1. The highest BCUT2D eigenvalue weighted by molar-refractivity contribution is 6.31. The molecule has 1 saturated heterocycles. The van der Waals surface area contributed by atoms with Crippen molar-refractivity contribution < 1.29 is 19.4 Å². The Bertz CT molecular complexity index is 1010. The molecule has 1 amide bonds. The number of carbonyl (C=O) groups is 2. The number of nitrogens with one attached hydrogen (secondary N) is 1. The number of nitrogens with zero attached hydrogens (tertiary/aromatic N) is 2. The summed E-state index contributed by atoms with van der Waals surface area (Å²) in [4.78, 5) is 31.1. The summed E-state index contributed by atoms with van der Waals surface area (Å²) in [5.74, 6) is 0.0835. The van der Waals surface area contributed by atoms with Crippen LogP contribution in [0.3, 0.4) is 0 Å². The fraction of sp³-hybridized carbons (Fsp3) is 0.500. The van der Waals surface area contributed by atoms with Crippen LogP contribution in [-0.2, 0) is 11.4 Å². The van der Waals surface area contributed by atoms with Crippen molar-refractivity contribution in [3.05, 3.63) is 52.5 Å². The Morgan fingerprint density at radius 3 is 2.65 bits per heavy atom. The first-order chi connectivity index (χ1) is 16.5. The highest BCUT2D eigenvalue weighted by Gasteiger charge is 2.25. The number of halogens is 1. The maximum atomic E-state index is 13.1. The van der Waals surface area contributed by atoms with Crippen molar-refractivity contribution in [2.45, 2.75) is 64.0 Å². The van der Waals surface area contributed by atoms with Crippen molar-refractivity contribution in [2.24, 2.45) is 5.92 Å². The molecule has 4 rings (SSSR count). The van der Waals surface area contributed by atoms with Gasteiger partial charge >= 0.3 is 5.97 Å². The van der Waals surface area contributed by atoms with Gasteiger partial charge in [-0.05, 0) is 49.8 Å². The van der Waals surface area contributed by atoms with Gasteiger partial charge in [0, 0.05) is 36.1 Å². The van der Waals surface area contributed by atoms with E-state index in [1.807, 2.05) is 24.3 Å². The van der Waals surface area contributed by atoms with Gasteiger partial charge in [-0.25, -0.2) is 0 Å².